The van der Waals surface area contributed by atoms with Gasteiger partial charge in [0.05, 0.1) is 0 Å². The lowest BCUT2D eigenvalue weighted by molar-refractivity contribution is 0.0942. The van der Waals surface area contributed by atoms with Crippen LogP contribution in [0.15, 0.2) is 15.8 Å². The zero-order valence-corrected chi connectivity index (χ0v) is 7.57. The molecular formula is C8H12N2O3. The molecule has 0 bridgehead atoms. The quantitative estimate of drug-likeness (QED) is 0.665. The van der Waals surface area contributed by atoms with Gasteiger partial charge in [0.1, 0.15) is 6.23 Å². The second-order valence-corrected chi connectivity index (χ2v) is 2.87. The lowest BCUT2D eigenvalue weighted by atomic mass is 10.3. The third kappa shape index (κ3) is 1.86. The summed E-state index contributed by atoms with van der Waals surface area (Å²) in [6.07, 6.45) is 0.906. The van der Waals surface area contributed by atoms with Crippen LogP contribution in [0.3, 0.4) is 0 Å². The normalized spacial score (nSPS) is 12.8. The molecule has 0 aliphatic rings. The smallest absolute Gasteiger partial charge is 0.330 e. The van der Waals surface area contributed by atoms with Gasteiger partial charge in [-0.05, 0) is 13.3 Å². The van der Waals surface area contributed by atoms with Gasteiger partial charge in [-0.3, -0.25) is 14.3 Å². The van der Waals surface area contributed by atoms with Gasteiger partial charge in [-0.15, -0.1) is 0 Å². The van der Waals surface area contributed by atoms with Crippen LogP contribution >= 0.6 is 0 Å². The van der Waals surface area contributed by atoms with Crippen LogP contribution in [0.2, 0.25) is 0 Å². The van der Waals surface area contributed by atoms with E-state index in [0.717, 1.165) is 4.57 Å². The van der Waals surface area contributed by atoms with E-state index < -0.39 is 17.5 Å². The zero-order chi connectivity index (χ0) is 10.0. The largest absolute Gasteiger partial charge is 0.373 e. The molecule has 1 rings (SSSR count). The topological polar surface area (TPSA) is 75.1 Å². The number of rotatable bonds is 2. The summed E-state index contributed by atoms with van der Waals surface area (Å²) in [4.78, 5) is 24.2. The van der Waals surface area contributed by atoms with E-state index in [2.05, 4.69) is 4.98 Å². The number of aromatic amines is 1. The SMILES string of the molecule is CC[C@@H](O)n1cc(C)c(=O)[nH]c1=O. The van der Waals surface area contributed by atoms with Gasteiger partial charge in [-0.25, -0.2) is 4.79 Å². The Morgan fingerprint density at radius 2 is 2.23 bits per heavy atom. The molecule has 1 aromatic heterocycles. The van der Waals surface area contributed by atoms with Crippen LogP contribution < -0.4 is 11.2 Å². The molecular weight excluding hydrogens is 172 g/mol. The molecule has 1 aromatic rings. The van der Waals surface area contributed by atoms with Gasteiger partial charge < -0.3 is 5.11 Å². The summed E-state index contributed by atoms with van der Waals surface area (Å²) in [5, 5.41) is 9.37. The predicted octanol–water partition coefficient (Wildman–Crippen LogP) is -0.254. The van der Waals surface area contributed by atoms with Gasteiger partial charge in [0, 0.05) is 11.8 Å². The molecule has 0 amide bonds. The fourth-order valence-corrected chi connectivity index (χ4v) is 1.00. The Hall–Kier alpha value is -1.36. The Morgan fingerprint density at radius 1 is 1.62 bits per heavy atom. The van der Waals surface area contributed by atoms with Gasteiger partial charge in [-0.2, -0.15) is 0 Å². The number of aryl methyl sites for hydroxylation is 1. The molecule has 1 atom stereocenters. The van der Waals surface area contributed by atoms with Gasteiger partial charge in [-0.1, -0.05) is 6.92 Å². The molecule has 0 radical (unpaired) electrons. The van der Waals surface area contributed by atoms with Crippen molar-refractivity contribution in [2.24, 2.45) is 0 Å². The van der Waals surface area contributed by atoms with Crippen molar-refractivity contribution in [2.75, 3.05) is 0 Å². The van der Waals surface area contributed by atoms with Crippen molar-refractivity contribution in [1.29, 1.82) is 0 Å². The second kappa shape index (κ2) is 3.57. The maximum Gasteiger partial charge on any atom is 0.330 e. The van der Waals surface area contributed by atoms with E-state index in [1.165, 1.54) is 6.20 Å². The Bertz CT molecular complexity index is 405. The highest BCUT2D eigenvalue weighted by atomic mass is 16.3. The molecule has 0 saturated heterocycles. The summed E-state index contributed by atoms with van der Waals surface area (Å²) in [6, 6.07) is 0. The van der Waals surface area contributed by atoms with E-state index in [-0.39, 0.29) is 0 Å². The first-order valence-corrected chi connectivity index (χ1v) is 4.06. The van der Waals surface area contributed by atoms with Crippen LogP contribution in [-0.2, 0) is 0 Å². The number of H-pyrrole nitrogens is 1. The van der Waals surface area contributed by atoms with Crippen LogP contribution in [-0.4, -0.2) is 14.7 Å². The molecule has 0 spiro atoms. The number of aliphatic hydroxyl groups excluding tert-OH is 1. The van der Waals surface area contributed by atoms with Crippen LogP contribution in [0, 0.1) is 6.92 Å². The second-order valence-electron chi connectivity index (χ2n) is 2.87. The monoisotopic (exact) mass is 184 g/mol. The minimum atomic E-state index is -0.872. The van der Waals surface area contributed by atoms with E-state index in [1.54, 1.807) is 13.8 Å². The molecule has 0 saturated carbocycles. The van der Waals surface area contributed by atoms with Gasteiger partial charge in [0.2, 0.25) is 0 Å². The summed E-state index contributed by atoms with van der Waals surface area (Å²) in [7, 11) is 0. The third-order valence-electron chi connectivity index (χ3n) is 1.83. The van der Waals surface area contributed by atoms with E-state index in [1.807, 2.05) is 0 Å². The van der Waals surface area contributed by atoms with Crippen molar-refractivity contribution in [3.05, 3.63) is 32.6 Å². The third-order valence-corrected chi connectivity index (χ3v) is 1.83. The van der Waals surface area contributed by atoms with Gasteiger partial charge >= 0.3 is 5.69 Å². The van der Waals surface area contributed by atoms with Crippen molar-refractivity contribution < 1.29 is 5.11 Å². The first-order chi connectivity index (χ1) is 6.06. The van der Waals surface area contributed by atoms with Crippen molar-refractivity contribution in [1.82, 2.24) is 9.55 Å². The number of hydrogen-bond donors (Lipinski definition) is 2. The Labute approximate surface area is 74.7 Å². The molecule has 0 aromatic carbocycles. The summed E-state index contributed by atoms with van der Waals surface area (Å²) in [6.45, 7) is 3.33. The van der Waals surface area contributed by atoms with Gasteiger partial charge in [0.25, 0.3) is 5.56 Å². The van der Waals surface area contributed by atoms with E-state index >= 15 is 0 Å². The van der Waals surface area contributed by atoms with Crippen LogP contribution in [0.25, 0.3) is 0 Å². The first-order valence-electron chi connectivity index (χ1n) is 4.06. The van der Waals surface area contributed by atoms with Crippen molar-refractivity contribution >= 4 is 0 Å². The van der Waals surface area contributed by atoms with Crippen LogP contribution in [0.5, 0.6) is 0 Å². The fourth-order valence-electron chi connectivity index (χ4n) is 1.00. The average molecular weight is 184 g/mol. The number of hydrogen-bond acceptors (Lipinski definition) is 3. The summed E-state index contributed by atoms with van der Waals surface area (Å²) >= 11 is 0. The minimum Gasteiger partial charge on any atom is -0.373 e. The minimum absolute atomic E-state index is 0.409. The first kappa shape index (κ1) is 9.73. The summed E-state index contributed by atoms with van der Waals surface area (Å²) < 4.78 is 1.11. The maximum absolute atomic E-state index is 11.1. The Balaban J connectivity index is 3.32. The summed E-state index contributed by atoms with van der Waals surface area (Å²) in [5.74, 6) is 0. The van der Waals surface area contributed by atoms with Crippen molar-refractivity contribution in [2.45, 2.75) is 26.5 Å². The van der Waals surface area contributed by atoms with Crippen LogP contribution in [0.1, 0.15) is 25.1 Å². The fraction of sp³-hybridized carbons (Fsp3) is 0.500. The maximum atomic E-state index is 11.1. The van der Waals surface area contributed by atoms with E-state index in [4.69, 9.17) is 0 Å². The predicted molar refractivity (Wildman–Crippen MR) is 47.6 cm³/mol. The van der Waals surface area contributed by atoms with Crippen molar-refractivity contribution in [3.8, 4) is 0 Å². The Morgan fingerprint density at radius 3 is 2.77 bits per heavy atom. The Kier molecular flexibility index (Phi) is 2.67. The standard InChI is InChI=1S/C8H12N2O3/c1-3-6(11)10-4-5(2)7(12)9-8(10)13/h4,6,11H,3H2,1-2H3,(H,9,12,13)/t6-/m1/s1. The molecule has 13 heavy (non-hydrogen) atoms. The molecule has 72 valence electrons. The molecule has 0 unspecified atom stereocenters. The van der Waals surface area contributed by atoms with Crippen LogP contribution in [0.4, 0.5) is 0 Å². The molecule has 0 aliphatic carbocycles. The molecule has 5 heteroatoms. The van der Waals surface area contributed by atoms with Gasteiger partial charge in [0.15, 0.2) is 0 Å². The highest BCUT2D eigenvalue weighted by Crippen LogP contribution is 2.01. The van der Waals surface area contributed by atoms with Crippen molar-refractivity contribution in [3.63, 3.8) is 0 Å². The molecule has 5 nitrogen and oxygen atoms in total. The molecule has 0 aliphatic heterocycles. The number of nitrogens with one attached hydrogen (secondary N) is 1. The zero-order valence-electron chi connectivity index (χ0n) is 7.57. The molecule has 2 N–H and O–H groups in total. The highest BCUT2D eigenvalue weighted by molar-refractivity contribution is 5.01. The lowest BCUT2D eigenvalue weighted by Gasteiger charge is -2.10. The number of aliphatic hydroxyl groups is 1. The number of aromatic nitrogens is 2. The van der Waals surface area contributed by atoms with E-state index in [9.17, 15) is 14.7 Å². The van der Waals surface area contributed by atoms with E-state index in [0.29, 0.717) is 12.0 Å². The highest BCUT2D eigenvalue weighted by Gasteiger charge is 2.07. The number of nitrogens with zero attached hydrogens (tertiary/aromatic N) is 1. The average Bonchev–Trinajstić information content (AvgIpc) is 2.10. The summed E-state index contributed by atoms with van der Waals surface area (Å²) in [5.41, 5.74) is -0.582. The molecule has 0 fully saturated rings. The lowest BCUT2D eigenvalue weighted by Crippen LogP contribution is -2.33. The molecule has 1 heterocycles.